The summed E-state index contributed by atoms with van der Waals surface area (Å²) in [7, 11) is 0. The highest BCUT2D eigenvalue weighted by atomic mass is 19.1. The Kier molecular flexibility index (Phi) is 3.69. The maximum Gasteiger partial charge on any atom is 0.253 e. The number of halogens is 2. The van der Waals surface area contributed by atoms with E-state index in [1.807, 2.05) is 0 Å². The summed E-state index contributed by atoms with van der Waals surface area (Å²) in [5.41, 5.74) is 0.929. The van der Waals surface area contributed by atoms with Gasteiger partial charge in [0, 0.05) is 18.7 Å². The van der Waals surface area contributed by atoms with Crippen LogP contribution >= 0.6 is 0 Å². The van der Waals surface area contributed by atoms with Crippen molar-refractivity contribution >= 4 is 5.91 Å². The molecular weight excluding hydrogens is 272 g/mol. The summed E-state index contributed by atoms with van der Waals surface area (Å²) < 4.78 is 27.5. The molecule has 3 rings (SSSR count). The van der Waals surface area contributed by atoms with Gasteiger partial charge in [-0.2, -0.15) is 0 Å². The predicted octanol–water partition coefficient (Wildman–Crippen LogP) is 3.87. The minimum absolute atomic E-state index is 0.0203. The van der Waals surface area contributed by atoms with Crippen LogP contribution in [0.25, 0.3) is 11.1 Å². The fourth-order valence-electron chi connectivity index (χ4n) is 2.66. The molecule has 0 N–H and O–H groups in total. The zero-order chi connectivity index (χ0) is 14.8. The number of benzene rings is 2. The van der Waals surface area contributed by atoms with Crippen molar-refractivity contribution in [2.75, 3.05) is 13.1 Å². The molecule has 2 nitrogen and oxygen atoms in total. The summed E-state index contributed by atoms with van der Waals surface area (Å²) in [5, 5.41) is 0. The van der Waals surface area contributed by atoms with Gasteiger partial charge < -0.3 is 4.90 Å². The first-order chi connectivity index (χ1) is 10.2. The fraction of sp³-hybridized carbons (Fsp3) is 0.235. The Balaban J connectivity index is 1.89. The predicted molar refractivity (Wildman–Crippen MR) is 76.9 cm³/mol. The average molecular weight is 287 g/mol. The van der Waals surface area contributed by atoms with Crippen LogP contribution in [0.3, 0.4) is 0 Å². The van der Waals surface area contributed by atoms with Crippen molar-refractivity contribution in [3.8, 4) is 11.1 Å². The van der Waals surface area contributed by atoms with Crippen LogP contribution in [-0.4, -0.2) is 23.9 Å². The van der Waals surface area contributed by atoms with Gasteiger partial charge in [-0.05, 0) is 42.7 Å². The topological polar surface area (TPSA) is 20.3 Å². The fourth-order valence-corrected chi connectivity index (χ4v) is 2.66. The smallest absolute Gasteiger partial charge is 0.253 e. The van der Waals surface area contributed by atoms with E-state index in [1.165, 1.54) is 18.2 Å². The standard InChI is InChI=1S/C17H15F2NO/c18-14-4-3-5-15(19)16(14)12-6-8-13(9-7-12)17(21)20-10-1-2-11-20/h3-9H,1-2,10-11H2. The Hall–Kier alpha value is -2.23. The Morgan fingerprint density at radius 1 is 0.905 bits per heavy atom. The lowest BCUT2D eigenvalue weighted by Crippen LogP contribution is -2.27. The molecule has 0 spiro atoms. The third kappa shape index (κ3) is 2.66. The highest BCUT2D eigenvalue weighted by Gasteiger charge is 2.19. The van der Waals surface area contributed by atoms with Crippen LogP contribution in [-0.2, 0) is 0 Å². The summed E-state index contributed by atoms with van der Waals surface area (Å²) in [4.78, 5) is 14.0. The lowest BCUT2D eigenvalue weighted by molar-refractivity contribution is 0.0793. The number of carbonyl (C=O) groups excluding carboxylic acids is 1. The van der Waals surface area contributed by atoms with E-state index in [9.17, 15) is 13.6 Å². The molecule has 2 aromatic carbocycles. The van der Waals surface area contributed by atoms with E-state index in [4.69, 9.17) is 0 Å². The van der Waals surface area contributed by atoms with Gasteiger partial charge >= 0.3 is 0 Å². The largest absolute Gasteiger partial charge is 0.339 e. The SMILES string of the molecule is O=C(c1ccc(-c2c(F)cccc2F)cc1)N1CCCC1. The van der Waals surface area contributed by atoms with Gasteiger partial charge in [-0.25, -0.2) is 8.78 Å². The molecule has 1 fully saturated rings. The maximum absolute atomic E-state index is 13.7. The number of rotatable bonds is 2. The monoisotopic (exact) mass is 287 g/mol. The van der Waals surface area contributed by atoms with Crippen LogP contribution in [0.15, 0.2) is 42.5 Å². The van der Waals surface area contributed by atoms with Crippen LogP contribution in [0.1, 0.15) is 23.2 Å². The van der Waals surface area contributed by atoms with Gasteiger partial charge in [0.25, 0.3) is 5.91 Å². The van der Waals surface area contributed by atoms with E-state index in [0.717, 1.165) is 25.9 Å². The molecule has 1 heterocycles. The van der Waals surface area contributed by atoms with Gasteiger partial charge in [0.15, 0.2) is 0 Å². The van der Waals surface area contributed by atoms with Gasteiger partial charge in [-0.15, -0.1) is 0 Å². The molecule has 1 saturated heterocycles. The summed E-state index contributed by atoms with van der Waals surface area (Å²) >= 11 is 0. The molecule has 1 aliphatic rings. The zero-order valence-corrected chi connectivity index (χ0v) is 11.5. The second-order valence-corrected chi connectivity index (χ2v) is 5.17. The molecule has 0 aromatic heterocycles. The van der Waals surface area contributed by atoms with Gasteiger partial charge in [-0.1, -0.05) is 18.2 Å². The molecule has 4 heteroatoms. The Morgan fingerprint density at radius 2 is 1.48 bits per heavy atom. The second kappa shape index (κ2) is 5.64. The molecule has 0 atom stereocenters. The van der Waals surface area contributed by atoms with E-state index in [0.29, 0.717) is 11.1 Å². The highest BCUT2D eigenvalue weighted by Crippen LogP contribution is 2.26. The first-order valence-corrected chi connectivity index (χ1v) is 7.00. The minimum Gasteiger partial charge on any atom is -0.339 e. The summed E-state index contributed by atoms with van der Waals surface area (Å²) in [6, 6.07) is 10.2. The van der Waals surface area contributed by atoms with Gasteiger partial charge in [-0.3, -0.25) is 4.79 Å². The molecule has 0 radical (unpaired) electrons. The first kappa shape index (κ1) is 13.7. The Bertz CT molecular complexity index is 641. The van der Waals surface area contributed by atoms with E-state index >= 15 is 0 Å². The van der Waals surface area contributed by atoms with E-state index in [2.05, 4.69) is 0 Å². The first-order valence-electron chi connectivity index (χ1n) is 7.00. The number of hydrogen-bond acceptors (Lipinski definition) is 1. The second-order valence-electron chi connectivity index (χ2n) is 5.17. The molecule has 1 amide bonds. The summed E-state index contributed by atoms with van der Waals surface area (Å²) in [6.45, 7) is 1.56. The Labute approximate surface area is 122 Å². The molecular formula is C17H15F2NO. The van der Waals surface area contributed by atoms with E-state index in [1.54, 1.807) is 29.2 Å². The van der Waals surface area contributed by atoms with Crippen molar-refractivity contribution in [3.05, 3.63) is 59.7 Å². The molecule has 21 heavy (non-hydrogen) atoms. The molecule has 0 saturated carbocycles. The van der Waals surface area contributed by atoms with Crippen molar-refractivity contribution in [3.63, 3.8) is 0 Å². The molecule has 1 aliphatic heterocycles. The molecule has 2 aromatic rings. The van der Waals surface area contributed by atoms with Crippen molar-refractivity contribution in [2.45, 2.75) is 12.8 Å². The lowest BCUT2D eigenvalue weighted by Gasteiger charge is -2.15. The van der Waals surface area contributed by atoms with E-state index in [-0.39, 0.29) is 11.5 Å². The van der Waals surface area contributed by atoms with Crippen LogP contribution in [0, 0.1) is 11.6 Å². The third-order valence-electron chi connectivity index (χ3n) is 3.78. The number of nitrogens with zero attached hydrogens (tertiary/aromatic N) is 1. The summed E-state index contributed by atoms with van der Waals surface area (Å²) in [6.07, 6.45) is 2.06. The normalized spacial score (nSPS) is 14.5. The lowest BCUT2D eigenvalue weighted by atomic mass is 10.0. The van der Waals surface area contributed by atoms with Crippen molar-refractivity contribution in [1.29, 1.82) is 0 Å². The average Bonchev–Trinajstić information content (AvgIpc) is 3.01. The quantitative estimate of drug-likeness (QED) is 0.821. The minimum atomic E-state index is -0.603. The van der Waals surface area contributed by atoms with Gasteiger partial charge in [0.1, 0.15) is 11.6 Å². The van der Waals surface area contributed by atoms with Crippen LogP contribution in [0.5, 0.6) is 0 Å². The number of likely N-dealkylation sites (tertiary alicyclic amines) is 1. The molecule has 0 bridgehead atoms. The van der Waals surface area contributed by atoms with Gasteiger partial charge in [0.05, 0.1) is 5.56 Å². The third-order valence-corrected chi connectivity index (χ3v) is 3.78. The molecule has 0 aliphatic carbocycles. The van der Waals surface area contributed by atoms with Crippen LogP contribution < -0.4 is 0 Å². The molecule has 108 valence electrons. The van der Waals surface area contributed by atoms with Crippen molar-refractivity contribution in [2.24, 2.45) is 0 Å². The van der Waals surface area contributed by atoms with Crippen molar-refractivity contribution in [1.82, 2.24) is 4.90 Å². The molecule has 0 unspecified atom stereocenters. The Morgan fingerprint density at radius 3 is 2.05 bits per heavy atom. The van der Waals surface area contributed by atoms with Crippen LogP contribution in [0.4, 0.5) is 8.78 Å². The maximum atomic E-state index is 13.7. The zero-order valence-electron chi connectivity index (χ0n) is 11.5. The van der Waals surface area contributed by atoms with Gasteiger partial charge in [0.2, 0.25) is 0 Å². The van der Waals surface area contributed by atoms with E-state index < -0.39 is 11.6 Å². The number of hydrogen-bond donors (Lipinski definition) is 0. The van der Waals surface area contributed by atoms with Crippen LogP contribution in [0.2, 0.25) is 0 Å². The van der Waals surface area contributed by atoms with Crippen molar-refractivity contribution < 1.29 is 13.6 Å². The summed E-state index contributed by atoms with van der Waals surface area (Å²) in [5.74, 6) is -1.23. The highest BCUT2D eigenvalue weighted by molar-refractivity contribution is 5.94. The number of amides is 1. The number of carbonyl (C=O) groups is 1.